The van der Waals surface area contributed by atoms with Crippen molar-refractivity contribution in [3.05, 3.63) is 41.1 Å². The number of aromatic nitrogens is 2. The summed E-state index contributed by atoms with van der Waals surface area (Å²) in [5, 5.41) is 6.75. The molecule has 0 aliphatic carbocycles. The first-order valence-corrected chi connectivity index (χ1v) is 7.66. The van der Waals surface area contributed by atoms with Gasteiger partial charge in [-0.05, 0) is 37.1 Å². The zero-order valence-corrected chi connectivity index (χ0v) is 12.7. The molecule has 104 valence electrons. The zero-order chi connectivity index (χ0) is 13.8. The smallest absolute Gasteiger partial charge is 0.222 e. The van der Waals surface area contributed by atoms with Gasteiger partial charge in [0.2, 0.25) is 5.95 Å². The van der Waals surface area contributed by atoms with Crippen LogP contribution in [0.15, 0.2) is 41.1 Å². The van der Waals surface area contributed by atoms with Gasteiger partial charge >= 0.3 is 0 Å². The van der Waals surface area contributed by atoms with Gasteiger partial charge in [0.05, 0.1) is 0 Å². The van der Waals surface area contributed by atoms with E-state index in [0.717, 1.165) is 28.7 Å². The lowest BCUT2D eigenvalue weighted by molar-refractivity contribution is 0.478. The monoisotopic (exact) mass is 332 g/mol. The van der Waals surface area contributed by atoms with Crippen molar-refractivity contribution in [1.29, 1.82) is 0 Å². The Labute approximate surface area is 127 Å². The average Bonchev–Trinajstić information content (AvgIpc) is 2.50. The molecule has 0 amide bonds. The van der Waals surface area contributed by atoms with Crippen LogP contribution in [0.5, 0.6) is 0 Å². The van der Waals surface area contributed by atoms with Gasteiger partial charge in [0, 0.05) is 35.0 Å². The van der Waals surface area contributed by atoms with Crippen LogP contribution in [0.3, 0.4) is 0 Å². The van der Waals surface area contributed by atoms with E-state index in [-0.39, 0.29) is 0 Å². The van der Waals surface area contributed by atoms with Crippen molar-refractivity contribution in [1.82, 2.24) is 15.3 Å². The maximum atomic E-state index is 4.41. The number of hydrogen-bond donors (Lipinski definition) is 2. The molecular formula is C15H17BrN4. The van der Waals surface area contributed by atoms with E-state index < -0.39 is 0 Å². The Morgan fingerprint density at radius 2 is 1.85 bits per heavy atom. The van der Waals surface area contributed by atoms with E-state index in [1.807, 2.05) is 24.5 Å². The fraction of sp³-hybridized carbons (Fsp3) is 0.333. The van der Waals surface area contributed by atoms with Crippen molar-refractivity contribution in [2.24, 2.45) is 0 Å². The van der Waals surface area contributed by atoms with Crippen LogP contribution in [0, 0.1) is 0 Å². The molecule has 1 fully saturated rings. The number of hydrogen-bond acceptors (Lipinski definition) is 4. The molecule has 1 aliphatic heterocycles. The Morgan fingerprint density at radius 3 is 2.50 bits per heavy atom. The Bertz CT molecular complexity index is 547. The number of nitrogens with zero attached hydrogens (tertiary/aromatic N) is 2. The predicted octanol–water partition coefficient (Wildman–Crippen LogP) is 3.07. The molecule has 2 aromatic rings. The number of nitrogens with one attached hydrogen (secondary N) is 2. The molecular weight excluding hydrogens is 316 g/mol. The number of benzene rings is 1. The van der Waals surface area contributed by atoms with Crippen molar-refractivity contribution in [2.45, 2.75) is 18.9 Å². The van der Waals surface area contributed by atoms with Crippen LogP contribution in [-0.2, 0) is 0 Å². The highest BCUT2D eigenvalue weighted by Crippen LogP contribution is 2.21. The maximum Gasteiger partial charge on any atom is 0.222 e. The molecule has 0 bridgehead atoms. The highest BCUT2D eigenvalue weighted by atomic mass is 79.9. The van der Waals surface area contributed by atoms with Crippen molar-refractivity contribution < 1.29 is 0 Å². The fourth-order valence-corrected chi connectivity index (χ4v) is 2.62. The summed E-state index contributed by atoms with van der Waals surface area (Å²) in [6, 6.07) is 8.59. The standard InChI is InChI=1S/C15H17BrN4/c16-13-5-3-11(4-6-13)12-8-18-15(19-9-12)20-14-2-1-7-17-10-14/h3-6,8-9,14,17H,1-2,7,10H2,(H,18,19,20). The second kappa shape index (κ2) is 6.33. The third kappa shape index (κ3) is 3.35. The molecule has 5 heteroatoms. The first kappa shape index (κ1) is 13.5. The Morgan fingerprint density at radius 1 is 1.10 bits per heavy atom. The number of rotatable bonds is 3. The second-order valence-corrected chi connectivity index (χ2v) is 5.91. The lowest BCUT2D eigenvalue weighted by Gasteiger charge is -2.23. The van der Waals surface area contributed by atoms with Gasteiger partial charge in [-0.3, -0.25) is 0 Å². The fourth-order valence-electron chi connectivity index (χ4n) is 2.35. The minimum Gasteiger partial charge on any atom is -0.350 e. The SMILES string of the molecule is Brc1ccc(-c2cnc(NC3CCCNC3)nc2)cc1. The molecule has 0 saturated carbocycles. The maximum absolute atomic E-state index is 4.41. The first-order chi connectivity index (χ1) is 9.81. The van der Waals surface area contributed by atoms with E-state index in [4.69, 9.17) is 0 Å². The lowest BCUT2D eigenvalue weighted by Crippen LogP contribution is -2.38. The molecule has 20 heavy (non-hydrogen) atoms. The summed E-state index contributed by atoms with van der Waals surface area (Å²) in [5.74, 6) is 0.708. The summed E-state index contributed by atoms with van der Waals surface area (Å²) in [6.45, 7) is 2.10. The predicted molar refractivity (Wildman–Crippen MR) is 84.7 cm³/mol. The van der Waals surface area contributed by atoms with Gasteiger partial charge in [-0.2, -0.15) is 0 Å². The van der Waals surface area contributed by atoms with Crippen molar-refractivity contribution in [2.75, 3.05) is 18.4 Å². The van der Waals surface area contributed by atoms with E-state index in [0.29, 0.717) is 12.0 Å². The van der Waals surface area contributed by atoms with Gasteiger partial charge in [-0.1, -0.05) is 28.1 Å². The number of piperidine rings is 1. The second-order valence-electron chi connectivity index (χ2n) is 4.99. The highest BCUT2D eigenvalue weighted by molar-refractivity contribution is 9.10. The van der Waals surface area contributed by atoms with Gasteiger partial charge in [0.15, 0.2) is 0 Å². The van der Waals surface area contributed by atoms with Crippen LogP contribution >= 0.6 is 15.9 Å². The highest BCUT2D eigenvalue weighted by Gasteiger charge is 2.13. The van der Waals surface area contributed by atoms with Crippen LogP contribution in [-0.4, -0.2) is 29.1 Å². The summed E-state index contributed by atoms with van der Waals surface area (Å²) in [7, 11) is 0. The van der Waals surface area contributed by atoms with Gasteiger partial charge in [-0.15, -0.1) is 0 Å². The Hall–Kier alpha value is -1.46. The Balaban J connectivity index is 1.69. The number of anilines is 1. The van der Waals surface area contributed by atoms with E-state index >= 15 is 0 Å². The van der Waals surface area contributed by atoms with Gasteiger partial charge < -0.3 is 10.6 Å². The quantitative estimate of drug-likeness (QED) is 0.906. The van der Waals surface area contributed by atoms with Crippen LogP contribution < -0.4 is 10.6 Å². The van der Waals surface area contributed by atoms with Crippen LogP contribution in [0.25, 0.3) is 11.1 Å². The molecule has 1 aromatic heterocycles. The minimum absolute atomic E-state index is 0.433. The molecule has 0 radical (unpaired) electrons. The summed E-state index contributed by atoms with van der Waals surface area (Å²) in [4.78, 5) is 8.82. The summed E-state index contributed by atoms with van der Waals surface area (Å²) in [5.41, 5.74) is 2.16. The molecule has 1 unspecified atom stereocenters. The molecule has 1 aromatic carbocycles. The molecule has 1 aliphatic rings. The zero-order valence-electron chi connectivity index (χ0n) is 11.1. The molecule has 3 rings (SSSR count). The molecule has 1 atom stereocenters. The molecule has 1 saturated heterocycles. The Kier molecular flexibility index (Phi) is 4.28. The van der Waals surface area contributed by atoms with E-state index in [1.165, 1.54) is 12.8 Å². The minimum atomic E-state index is 0.433. The molecule has 2 heterocycles. The van der Waals surface area contributed by atoms with Crippen molar-refractivity contribution in [3.63, 3.8) is 0 Å². The summed E-state index contributed by atoms with van der Waals surface area (Å²) >= 11 is 3.44. The van der Waals surface area contributed by atoms with Gasteiger partial charge in [0.25, 0.3) is 0 Å². The van der Waals surface area contributed by atoms with Crippen molar-refractivity contribution in [3.8, 4) is 11.1 Å². The lowest BCUT2D eigenvalue weighted by atomic mass is 10.1. The first-order valence-electron chi connectivity index (χ1n) is 6.86. The molecule has 2 N–H and O–H groups in total. The third-order valence-corrected chi connectivity index (χ3v) is 3.99. The average molecular weight is 333 g/mol. The largest absolute Gasteiger partial charge is 0.350 e. The van der Waals surface area contributed by atoms with Gasteiger partial charge in [0.1, 0.15) is 0 Å². The van der Waals surface area contributed by atoms with Gasteiger partial charge in [-0.25, -0.2) is 9.97 Å². The van der Waals surface area contributed by atoms with E-state index in [2.05, 4.69) is 48.7 Å². The normalized spacial score (nSPS) is 18.8. The topological polar surface area (TPSA) is 49.8 Å². The summed E-state index contributed by atoms with van der Waals surface area (Å²) < 4.78 is 1.07. The summed E-state index contributed by atoms with van der Waals surface area (Å²) in [6.07, 6.45) is 6.11. The van der Waals surface area contributed by atoms with Crippen molar-refractivity contribution >= 4 is 21.9 Å². The van der Waals surface area contributed by atoms with E-state index in [1.54, 1.807) is 0 Å². The van der Waals surface area contributed by atoms with E-state index in [9.17, 15) is 0 Å². The van der Waals surface area contributed by atoms with Crippen LogP contribution in [0.1, 0.15) is 12.8 Å². The third-order valence-electron chi connectivity index (χ3n) is 3.46. The number of halogens is 1. The molecule has 0 spiro atoms. The molecule has 4 nitrogen and oxygen atoms in total. The van der Waals surface area contributed by atoms with Crippen LogP contribution in [0.4, 0.5) is 5.95 Å². The van der Waals surface area contributed by atoms with Crippen LogP contribution in [0.2, 0.25) is 0 Å².